The summed E-state index contributed by atoms with van der Waals surface area (Å²) in [6.07, 6.45) is 1.72. The second-order valence-corrected chi connectivity index (χ2v) is 4.54. The Hall–Kier alpha value is -2.36. The van der Waals surface area contributed by atoms with E-state index in [1.165, 1.54) is 0 Å². The number of amides is 1. The minimum atomic E-state index is -0.175. The lowest BCUT2D eigenvalue weighted by Gasteiger charge is -2.09. The van der Waals surface area contributed by atoms with Crippen LogP contribution in [-0.2, 0) is 6.54 Å². The first-order valence-corrected chi connectivity index (χ1v) is 6.13. The highest BCUT2D eigenvalue weighted by Gasteiger charge is 2.10. The summed E-state index contributed by atoms with van der Waals surface area (Å²) in [6.45, 7) is 4.30. The van der Waals surface area contributed by atoms with E-state index in [1.807, 2.05) is 32.0 Å². The largest absolute Gasteiger partial charge is 0.398 e. The lowest BCUT2D eigenvalue weighted by atomic mass is 10.1. The van der Waals surface area contributed by atoms with E-state index < -0.39 is 0 Å². The molecule has 3 N–H and O–H groups in total. The van der Waals surface area contributed by atoms with E-state index in [0.29, 0.717) is 17.8 Å². The maximum atomic E-state index is 12.1. The minimum absolute atomic E-state index is 0.175. The number of benzene rings is 1. The van der Waals surface area contributed by atoms with E-state index in [9.17, 15) is 4.79 Å². The van der Waals surface area contributed by atoms with Gasteiger partial charge in [-0.2, -0.15) is 0 Å². The van der Waals surface area contributed by atoms with Crippen LogP contribution in [0.5, 0.6) is 0 Å². The Bertz CT molecular complexity index is 608. The molecule has 98 valence electrons. The van der Waals surface area contributed by atoms with Crippen molar-refractivity contribution >= 4 is 11.6 Å². The van der Waals surface area contributed by atoms with Gasteiger partial charge in [0, 0.05) is 11.9 Å². The molecule has 0 saturated heterocycles. The number of carbonyl (C=O) groups is 1. The predicted molar refractivity (Wildman–Crippen MR) is 75.7 cm³/mol. The van der Waals surface area contributed by atoms with Crippen LogP contribution in [0, 0.1) is 13.8 Å². The summed E-state index contributed by atoms with van der Waals surface area (Å²) in [6, 6.07) is 9.26. The van der Waals surface area contributed by atoms with Crippen molar-refractivity contribution in [3.8, 4) is 0 Å². The molecule has 0 saturated carbocycles. The highest BCUT2D eigenvalue weighted by molar-refractivity contribution is 5.99. The number of nitrogens with two attached hydrogens (primary N) is 1. The molecule has 19 heavy (non-hydrogen) atoms. The summed E-state index contributed by atoms with van der Waals surface area (Å²) in [5.74, 6) is -0.175. The van der Waals surface area contributed by atoms with E-state index >= 15 is 0 Å². The van der Waals surface area contributed by atoms with Gasteiger partial charge in [0.1, 0.15) is 0 Å². The molecule has 0 bridgehead atoms. The molecule has 4 nitrogen and oxygen atoms in total. The Labute approximate surface area is 112 Å². The third-order valence-electron chi connectivity index (χ3n) is 2.99. The molecule has 0 unspecified atom stereocenters. The van der Waals surface area contributed by atoms with Crippen LogP contribution in [0.1, 0.15) is 27.2 Å². The van der Waals surface area contributed by atoms with Crippen molar-refractivity contribution in [2.75, 3.05) is 5.73 Å². The quantitative estimate of drug-likeness (QED) is 0.826. The van der Waals surface area contributed by atoms with Crippen molar-refractivity contribution in [1.82, 2.24) is 10.3 Å². The fraction of sp³-hybridized carbons (Fsp3) is 0.200. The number of nitrogens with zero attached hydrogens (tertiary/aromatic N) is 1. The van der Waals surface area contributed by atoms with Gasteiger partial charge in [-0.3, -0.25) is 9.78 Å². The Morgan fingerprint density at radius 2 is 2.11 bits per heavy atom. The van der Waals surface area contributed by atoms with E-state index in [4.69, 9.17) is 5.73 Å². The third kappa shape index (κ3) is 3.10. The van der Waals surface area contributed by atoms with Gasteiger partial charge in [-0.15, -0.1) is 0 Å². The smallest absolute Gasteiger partial charge is 0.253 e. The number of anilines is 1. The van der Waals surface area contributed by atoms with Crippen molar-refractivity contribution in [3.05, 3.63) is 58.9 Å². The van der Waals surface area contributed by atoms with Gasteiger partial charge < -0.3 is 11.1 Å². The monoisotopic (exact) mass is 255 g/mol. The second-order valence-electron chi connectivity index (χ2n) is 4.54. The molecule has 1 aromatic heterocycles. The molecular weight excluding hydrogens is 238 g/mol. The van der Waals surface area contributed by atoms with Gasteiger partial charge in [0.2, 0.25) is 0 Å². The van der Waals surface area contributed by atoms with Crippen LogP contribution < -0.4 is 11.1 Å². The van der Waals surface area contributed by atoms with E-state index in [0.717, 1.165) is 16.8 Å². The van der Waals surface area contributed by atoms with Crippen molar-refractivity contribution in [1.29, 1.82) is 0 Å². The maximum Gasteiger partial charge on any atom is 0.253 e. The molecule has 1 amide bonds. The molecular formula is C15H17N3O. The zero-order chi connectivity index (χ0) is 13.8. The zero-order valence-electron chi connectivity index (χ0n) is 11.1. The van der Waals surface area contributed by atoms with Crippen LogP contribution >= 0.6 is 0 Å². The fourth-order valence-electron chi connectivity index (χ4n) is 1.83. The zero-order valence-corrected chi connectivity index (χ0v) is 11.1. The van der Waals surface area contributed by atoms with Crippen molar-refractivity contribution in [3.63, 3.8) is 0 Å². The molecule has 1 aromatic carbocycles. The van der Waals surface area contributed by atoms with Crippen molar-refractivity contribution in [2.45, 2.75) is 20.4 Å². The standard InChI is InChI=1S/C15H17N3O/c1-10-5-6-13(16)12(8-10)15(19)18-9-14-11(2)4-3-7-17-14/h3-8H,9,16H2,1-2H3,(H,18,19). The van der Waals surface area contributed by atoms with Gasteiger partial charge in [-0.05, 0) is 37.6 Å². The summed E-state index contributed by atoms with van der Waals surface area (Å²) < 4.78 is 0. The molecule has 4 heteroatoms. The average Bonchev–Trinajstić information content (AvgIpc) is 2.40. The fourth-order valence-corrected chi connectivity index (χ4v) is 1.83. The van der Waals surface area contributed by atoms with Gasteiger partial charge in [-0.1, -0.05) is 17.7 Å². The number of nitrogens with one attached hydrogen (secondary N) is 1. The van der Waals surface area contributed by atoms with Crippen LogP contribution in [0.4, 0.5) is 5.69 Å². The Balaban J connectivity index is 2.10. The summed E-state index contributed by atoms with van der Waals surface area (Å²) in [7, 11) is 0. The number of nitrogen functional groups attached to an aromatic ring is 1. The lowest BCUT2D eigenvalue weighted by Crippen LogP contribution is -2.24. The first-order valence-electron chi connectivity index (χ1n) is 6.13. The molecule has 0 radical (unpaired) electrons. The summed E-state index contributed by atoms with van der Waals surface area (Å²) in [5, 5.41) is 2.84. The lowest BCUT2D eigenvalue weighted by molar-refractivity contribution is 0.0951. The number of carbonyl (C=O) groups excluding carboxylic acids is 1. The molecule has 0 aliphatic carbocycles. The summed E-state index contributed by atoms with van der Waals surface area (Å²) in [5.41, 5.74) is 9.73. The normalized spacial score (nSPS) is 10.2. The van der Waals surface area contributed by atoms with E-state index in [1.54, 1.807) is 18.3 Å². The number of aryl methyl sites for hydroxylation is 2. The molecule has 0 aliphatic rings. The molecule has 0 aliphatic heterocycles. The third-order valence-corrected chi connectivity index (χ3v) is 2.99. The molecule has 0 spiro atoms. The highest BCUT2D eigenvalue weighted by Crippen LogP contribution is 2.13. The number of pyridine rings is 1. The highest BCUT2D eigenvalue weighted by atomic mass is 16.1. The Morgan fingerprint density at radius 3 is 2.84 bits per heavy atom. The van der Waals surface area contributed by atoms with Gasteiger partial charge in [0.25, 0.3) is 5.91 Å². The van der Waals surface area contributed by atoms with Gasteiger partial charge in [0.15, 0.2) is 0 Å². The topological polar surface area (TPSA) is 68.0 Å². The Kier molecular flexibility index (Phi) is 3.80. The Morgan fingerprint density at radius 1 is 1.32 bits per heavy atom. The van der Waals surface area contributed by atoms with Gasteiger partial charge >= 0.3 is 0 Å². The van der Waals surface area contributed by atoms with Crippen LogP contribution in [0.2, 0.25) is 0 Å². The van der Waals surface area contributed by atoms with Gasteiger partial charge in [0.05, 0.1) is 17.8 Å². The maximum absolute atomic E-state index is 12.1. The first kappa shape index (κ1) is 13.1. The molecule has 0 atom stereocenters. The van der Waals surface area contributed by atoms with Gasteiger partial charge in [-0.25, -0.2) is 0 Å². The van der Waals surface area contributed by atoms with Crippen molar-refractivity contribution < 1.29 is 4.79 Å². The molecule has 0 fully saturated rings. The SMILES string of the molecule is Cc1ccc(N)c(C(=O)NCc2ncccc2C)c1. The van der Waals surface area contributed by atoms with Crippen molar-refractivity contribution in [2.24, 2.45) is 0 Å². The van der Waals surface area contributed by atoms with E-state index in [-0.39, 0.29) is 5.91 Å². The molecule has 2 rings (SSSR count). The van der Waals surface area contributed by atoms with Crippen LogP contribution in [-0.4, -0.2) is 10.9 Å². The molecule has 1 heterocycles. The van der Waals surface area contributed by atoms with Crippen LogP contribution in [0.15, 0.2) is 36.5 Å². The first-order chi connectivity index (χ1) is 9.08. The van der Waals surface area contributed by atoms with E-state index in [2.05, 4.69) is 10.3 Å². The number of aromatic nitrogens is 1. The average molecular weight is 255 g/mol. The minimum Gasteiger partial charge on any atom is -0.398 e. The second kappa shape index (κ2) is 5.52. The van der Waals surface area contributed by atoms with Crippen LogP contribution in [0.3, 0.4) is 0 Å². The summed E-state index contributed by atoms with van der Waals surface area (Å²) >= 11 is 0. The molecule has 2 aromatic rings. The number of hydrogen-bond donors (Lipinski definition) is 2. The van der Waals surface area contributed by atoms with Crippen LogP contribution in [0.25, 0.3) is 0 Å². The number of hydrogen-bond acceptors (Lipinski definition) is 3. The number of rotatable bonds is 3. The predicted octanol–water partition coefficient (Wildman–Crippen LogP) is 2.21. The summed E-state index contributed by atoms with van der Waals surface area (Å²) in [4.78, 5) is 16.3.